The molecule has 0 saturated carbocycles. The van der Waals surface area contributed by atoms with Gasteiger partial charge in [0.25, 0.3) is 0 Å². The Morgan fingerprint density at radius 3 is 1.91 bits per heavy atom. The van der Waals surface area contributed by atoms with E-state index in [0.717, 1.165) is 33.4 Å². The van der Waals surface area contributed by atoms with E-state index in [1.165, 1.54) is 8.58 Å². The van der Waals surface area contributed by atoms with Crippen LogP contribution in [0.4, 0.5) is 0 Å². The Hall–Kier alpha value is 1.72. The zero-order valence-electron chi connectivity index (χ0n) is 7.81. The predicted molar refractivity (Wildman–Crippen MR) is 69.0 cm³/mol. The second kappa shape index (κ2) is 7.15. The zero-order valence-corrected chi connectivity index (χ0v) is 12.0. The van der Waals surface area contributed by atoms with Crippen molar-refractivity contribution in [3.8, 4) is 0 Å². The lowest BCUT2D eigenvalue weighted by Crippen LogP contribution is -1.93. The van der Waals surface area contributed by atoms with E-state index in [4.69, 9.17) is 0 Å². The molecule has 0 N–H and O–H groups in total. The van der Waals surface area contributed by atoms with E-state index in [0.29, 0.717) is 0 Å². The van der Waals surface area contributed by atoms with Gasteiger partial charge < -0.3 is 0 Å². The monoisotopic (exact) mass is 228 g/mol. The van der Waals surface area contributed by atoms with Crippen molar-refractivity contribution in [3.63, 3.8) is 0 Å². The van der Waals surface area contributed by atoms with Gasteiger partial charge in [0.2, 0.25) is 0 Å². The van der Waals surface area contributed by atoms with Gasteiger partial charge in [-0.2, -0.15) is 0 Å². The lowest BCUT2D eigenvalue weighted by Gasteiger charge is -2.17. The summed E-state index contributed by atoms with van der Waals surface area (Å²) in [6.45, 7) is 9.39. The van der Waals surface area contributed by atoms with Crippen molar-refractivity contribution in [2.75, 3.05) is 6.66 Å². The average molecular weight is 228 g/mol. The molecule has 0 aliphatic rings. The summed E-state index contributed by atoms with van der Waals surface area (Å²) in [5.74, 6) is 0. The van der Waals surface area contributed by atoms with Crippen molar-refractivity contribution in [1.29, 1.82) is 0 Å². The van der Waals surface area contributed by atoms with Crippen LogP contribution < -0.4 is 0 Å². The molecule has 0 aromatic heterocycles. The van der Waals surface area contributed by atoms with Gasteiger partial charge in [-0.05, 0) is 22.9 Å². The molecule has 0 saturated heterocycles. The van der Waals surface area contributed by atoms with E-state index in [9.17, 15) is 0 Å². The van der Waals surface area contributed by atoms with Crippen molar-refractivity contribution in [2.45, 2.75) is 37.0 Å². The number of hydrogen-bond acceptors (Lipinski definition) is 0. The minimum atomic E-state index is 0.824. The molecular weight excluding hydrogens is 208 g/mol. The minimum Gasteiger partial charge on any atom is -0.130 e. The van der Waals surface area contributed by atoms with Crippen LogP contribution in [-0.2, 0) is 0 Å². The molecule has 0 rings (SSSR count). The van der Waals surface area contributed by atoms with Crippen LogP contribution in [0.1, 0.15) is 20.8 Å². The fraction of sp³-hybridized carbons (Fsp3) is 1.00. The maximum absolute atomic E-state index is 2.90. The number of rotatable bonds is 5. The van der Waals surface area contributed by atoms with Crippen molar-refractivity contribution in [2.24, 2.45) is 0 Å². The maximum Gasteiger partial charge on any atom is -0.00786 e. The van der Waals surface area contributed by atoms with Gasteiger partial charge in [-0.1, -0.05) is 20.8 Å². The van der Waals surface area contributed by atoms with Crippen LogP contribution in [0, 0.1) is 0 Å². The Kier molecular flexibility index (Phi) is 8.27. The molecule has 0 aromatic rings. The first-order valence-corrected chi connectivity index (χ1v) is 8.56. The Morgan fingerprint density at radius 2 is 1.55 bits per heavy atom. The second-order valence-electron chi connectivity index (χ2n) is 2.85. The molecule has 7 unspecified atom stereocenters. The third-order valence-electron chi connectivity index (χ3n) is 1.45. The van der Waals surface area contributed by atoms with Gasteiger partial charge in [-0.25, -0.2) is 0 Å². The molecule has 0 aromatic carbocycles. The lowest BCUT2D eigenvalue weighted by molar-refractivity contribution is 1.29. The Labute approximate surface area is 79.0 Å². The summed E-state index contributed by atoms with van der Waals surface area (Å²) < 4.78 is 0. The van der Waals surface area contributed by atoms with Crippen LogP contribution in [0.25, 0.3) is 0 Å². The van der Waals surface area contributed by atoms with Crippen molar-refractivity contribution < 1.29 is 0 Å². The molecule has 0 amide bonds. The molecule has 0 heterocycles. The highest BCUT2D eigenvalue weighted by Gasteiger charge is 2.07. The largest absolute Gasteiger partial charge is 0.130 e. The predicted octanol–water partition coefficient (Wildman–Crippen LogP) is 3.56. The summed E-state index contributed by atoms with van der Waals surface area (Å²) >= 11 is 0. The summed E-state index contributed by atoms with van der Waals surface area (Å²) in [6, 6.07) is 0. The van der Waals surface area contributed by atoms with E-state index in [1.807, 2.05) is 0 Å². The van der Waals surface area contributed by atoms with E-state index in [1.54, 1.807) is 0 Å². The third-order valence-corrected chi connectivity index (χ3v) is 7.28. The Morgan fingerprint density at radius 1 is 1.00 bits per heavy atom. The van der Waals surface area contributed by atoms with Crippen LogP contribution in [0.2, 0.25) is 0 Å². The lowest BCUT2D eigenvalue weighted by atomic mass is 10.9. The Balaban J connectivity index is 3.43. The highest BCUT2D eigenvalue weighted by molar-refractivity contribution is 7.67. The van der Waals surface area contributed by atoms with Gasteiger partial charge in [0.05, 0.1) is 0 Å². The maximum atomic E-state index is 2.90. The summed E-state index contributed by atoms with van der Waals surface area (Å²) in [6.07, 6.45) is 0. The third kappa shape index (κ3) is 8.06. The fourth-order valence-corrected chi connectivity index (χ4v) is 7.72. The van der Waals surface area contributed by atoms with Crippen molar-refractivity contribution >= 4 is 35.0 Å². The van der Waals surface area contributed by atoms with E-state index >= 15 is 0 Å². The van der Waals surface area contributed by atoms with Gasteiger partial charge in [0, 0.05) is 0 Å². The molecule has 68 valence electrons. The normalized spacial score (nSPS) is 22.6. The molecule has 11 heavy (non-hydrogen) atoms. The Bertz CT molecular complexity index is 94.4. The van der Waals surface area contributed by atoms with Crippen LogP contribution in [0.15, 0.2) is 0 Å². The molecule has 7 atom stereocenters. The highest BCUT2D eigenvalue weighted by Crippen LogP contribution is 2.45. The molecular formula is C7H20P4. The molecule has 0 aliphatic heterocycles. The highest BCUT2D eigenvalue weighted by atomic mass is 31.2. The molecule has 0 spiro atoms. The van der Waals surface area contributed by atoms with Gasteiger partial charge in [-0.15, -0.1) is 35.0 Å². The standard InChI is InChI=1S/C7H20P4/c1-5(8)10-7(3)11-6(2)9-4/h5-7,9-11H,8H2,1-4H3. The van der Waals surface area contributed by atoms with Gasteiger partial charge in [0.1, 0.15) is 0 Å². The average Bonchev–Trinajstić information content (AvgIpc) is 1.85. The van der Waals surface area contributed by atoms with Gasteiger partial charge in [-0.3, -0.25) is 0 Å². The second-order valence-corrected chi connectivity index (χ2v) is 11.3. The number of hydrogen-bond donors (Lipinski definition) is 0. The molecule has 0 nitrogen and oxygen atoms in total. The molecule has 0 aliphatic carbocycles. The van der Waals surface area contributed by atoms with Gasteiger partial charge >= 0.3 is 0 Å². The van der Waals surface area contributed by atoms with Crippen LogP contribution in [0.5, 0.6) is 0 Å². The summed E-state index contributed by atoms with van der Waals surface area (Å²) in [4.78, 5) is 0. The van der Waals surface area contributed by atoms with Crippen LogP contribution in [0.3, 0.4) is 0 Å². The first-order chi connectivity index (χ1) is 5.06. The van der Waals surface area contributed by atoms with E-state index in [2.05, 4.69) is 36.7 Å². The molecule has 0 bridgehead atoms. The molecule has 0 radical (unpaired) electrons. The summed E-state index contributed by atoms with van der Waals surface area (Å²) in [5, 5.41) is 2.76. The van der Waals surface area contributed by atoms with Gasteiger partial charge in [0.15, 0.2) is 0 Å². The summed E-state index contributed by atoms with van der Waals surface area (Å²) in [7, 11) is 6.35. The SMILES string of the molecule is CPC(C)PC(C)PC(C)P. The van der Waals surface area contributed by atoms with Crippen molar-refractivity contribution in [3.05, 3.63) is 0 Å². The summed E-state index contributed by atoms with van der Waals surface area (Å²) in [5.41, 5.74) is 0. The first kappa shape index (κ1) is 12.7. The molecule has 4 heteroatoms. The quantitative estimate of drug-likeness (QED) is 0.631. The minimum absolute atomic E-state index is 0.824. The van der Waals surface area contributed by atoms with Crippen LogP contribution >= 0.6 is 35.0 Å². The first-order valence-electron chi connectivity index (χ1n) is 4.01. The van der Waals surface area contributed by atoms with Crippen LogP contribution in [-0.4, -0.2) is 22.9 Å². The topological polar surface area (TPSA) is 0 Å². The molecule has 0 fully saturated rings. The van der Waals surface area contributed by atoms with E-state index in [-0.39, 0.29) is 0 Å². The van der Waals surface area contributed by atoms with E-state index < -0.39 is 0 Å². The zero-order chi connectivity index (χ0) is 8.85. The fourth-order valence-electron chi connectivity index (χ4n) is 0.901. The van der Waals surface area contributed by atoms with Crippen molar-refractivity contribution in [1.82, 2.24) is 0 Å². The smallest absolute Gasteiger partial charge is 0.00786 e.